The van der Waals surface area contributed by atoms with Crippen molar-refractivity contribution >= 4 is 54.2 Å². The van der Waals surface area contributed by atoms with Crippen LogP contribution in [0.2, 0.25) is 0 Å². The van der Waals surface area contributed by atoms with Gasteiger partial charge in [0.05, 0.1) is 6.61 Å². The molecule has 4 nitrogen and oxygen atoms in total. The predicted molar refractivity (Wildman–Crippen MR) is 61.9 cm³/mol. The highest BCUT2D eigenvalue weighted by Gasteiger charge is 2.42. The summed E-state index contributed by atoms with van der Waals surface area (Å²) in [5.41, 5.74) is 0. The Morgan fingerprint density at radius 3 is 2.27 bits per heavy atom. The second-order valence-electron chi connectivity index (χ2n) is 2.61. The van der Waals surface area contributed by atoms with E-state index >= 15 is 0 Å². The zero-order valence-corrected chi connectivity index (χ0v) is 11.9. The second-order valence-corrected chi connectivity index (χ2v) is 6.56. The van der Waals surface area contributed by atoms with Crippen molar-refractivity contribution in [3.63, 3.8) is 0 Å². The van der Waals surface area contributed by atoms with Crippen LogP contribution in [0.4, 0.5) is 0 Å². The first-order chi connectivity index (χ1) is 6.63. The molecule has 92 valence electrons. The molecule has 0 fully saturated rings. The summed E-state index contributed by atoms with van der Waals surface area (Å²) < 4.78 is 18.6. The van der Waals surface area contributed by atoms with Crippen molar-refractivity contribution in [1.82, 2.24) is 0 Å². The molecule has 0 radical (unpaired) electrons. The Kier molecular flexibility index (Phi) is 6.80. The van der Waals surface area contributed by atoms with Crippen molar-refractivity contribution in [2.24, 2.45) is 0 Å². The van der Waals surface area contributed by atoms with Gasteiger partial charge in [-0.15, -0.1) is 23.2 Å². The van der Waals surface area contributed by atoms with Crippen LogP contribution in [0.3, 0.4) is 0 Å². The molecular weight excluding hydrogens is 309 g/mol. The van der Waals surface area contributed by atoms with Gasteiger partial charge in [0.2, 0.25) is 0 Å². The van der Waals surface area contributed by atoms with E-state index in [0.29, 0.717) is 0 Å². The zero-order valence-electron chi connectivity index (χ0n) is 7.99. The summed E-state index contributed by atoms with van der Waals surface area (Å²) in [5, 5.41) is 0. The van der Waals surface area contributed by atoms with Gasteiger partial charge in [0.25, 0.3) is 0 Å². The summed E-state index contributed by atoms with van der Waals surface area (Å²) >= 11 is 22.4. The second kappa shape index (κ2) is 6.27. The standard InChI is InChI=1S/C6H11Cl4O4P/c1-3-13-15(11,12)14-4(2)6(9,10)5(7)8/h4-5H,3H2,1-2H3,(H,11,12). The SMILES string of the molecule is CCOP(=O)(O)OC(C)C(Cl)(Cl)C(Cl)Cl. The molecule has 0 aromatic rings. The summed E-state index contributed by atoms with van der Waals surface area (Å²) in [6, 6.07) is 0. The minimum Gasteiger partial charge on any atom is -0.302 e. The Morgan fingerprint density at radius 2 is 1.93 bits per heavy atom. The van der Waals surface area contributed by atoms with Gasteiger partial charge in [-0.05, 0) is 13.8 Å². The summed E-state index contributed by atoms with van der Waals surface area (Å²) in [6.45, 7) is 2.92. The fraction of sp³-hybridized carbons (Fsp3) is 1.00. The van der Waals surface area contributed by atoms with Gasteiger partial charge in [-0.25, -0.2) is 4.57 Å². The van der Waals surface area contributed by atoms with Crippen LogP contribution in [-0.4, -0.2) is 26.8 Å². The molecule has 0 aliphatic heterocycles. The van der Waals surface area contributed by atoms with E-state index in [2.05, 4.69) is 9.05 Å². The average Bonchev–Trinajstić information content (AvgIpc) is 2.02. The lowest BCUT2D eigenvalue weighted by molar-refractivity contribution is 0.109. The van der Waals surface area contributed by atoms with Crippen LogP contribution in [0, 0.1) is 0 Å². The quantitative estimate of drug-likeness (QED) is 0.601. The first-order valence-corrected chi connectivity index (χ1v) is 7.07. The highest BCUT2D eigenvalue weighted by atomic mass is 35.5. The molecule has 0 aliphatic carbocycles. The molecule has 0 aromatic carbocycles. The third-order valence-electron chi connectivity index (χ3n) is 1.42. The zero-order chi connectivity index (χ0) is 12.3. The van der Waals surface area contributed by atoms with Crippen molar-refractivity contribution in [3.8, 4) is 0 Å². The summed E-state index contributed by atoms with van der Waals surface area (Å²) in [6.07, 6.45) is -1.07. The molecule has 0 aliphatic rings. The van der Waals surface area contributed by atoms with Gasteiger partial charge in [0.1, 0.15) is 10.9 Å². The molecule has 0 bridgehead atoms. The molecule has 0 saturated carbocycles. The van der Waals surface area contributed by atoms with Gasteiger partial charge in [-0.3, -0.25) is 9.05 Å². The van der Waals surface area contributed by atoms with E-state index in [1.54, 1.807) is 0 Å². The maximum Gasteiger partial charge on any atom is 0.472 e. The molecule has 9 heteroatoms. The number of alkyl halides is 4. The van der Waals surface area contributed by atoms with Gasteiger partial charge >= 0.3 is 7.82 Å². The Balaban J connectivity index is 4.48. The predicted octanol–water partition coefficient (Wildman–Crippen LogP) is 3.51. The molecule has 0 amide bonds. The average molecular weight is 320 g/mol. The first kappa shape index (κ1) is 16.3. The minimum atomic E-state index is -4.17. The highest BCUT2D eigenvalue weighted by Crippen LogP contribution is 2.49. The van der Waals surface area contributed by atoms with E-state index < -0.39 is 23.1 Å². The molecule has 1 N–H and O–H groups in total. The van der Waals surface area contributed by atoms with E-state index in [1.807, 2.05) is 0 Å². The summed E-state index contributed by atoms with van der Waals surface area (Å²) in [7, 11) is -4.17. The molecule has 0 spiro atoms. The van der Waals surface area contributed by atoms with E-state index in [0.717, 1.165) is 0 Å². The first-order valence-electron chi connectivity index (χ1n) is 3.95. The van der Waals surface area contributed by atoms with Gasteiger partial charge in [0.15, 0.2) is 4.33 Å². The van der Waals surface area contributed by atoms with Gasteiger partial charge in [-0.1, -0.05) is 23.2 Å². The van der Waals surface area contributed by atoms with Crippen LogP contribution in [0.1, 0.15) is 13.8 Å². The molecule has 0 aromatic heterocycles. The van der Waals surface area contributed by atoms with Crippen molar-refractivity contribution in [3.05, 3.63) is 0 Å². The van der Waals surface area contributed by atoms with E-state index in [9.17, 15) is 4.57 Å². The number of hydrogen-bond donors (Lipinski definition) is 1. The number of hydrogen-bond acceptors (Lipinski definition) is 3. The Hall–Kier alpha value is 1.27. The van der Waals surface area contributed by atoms with E-state index in [4.69, 9.17) is 51.3 Å². The van der Waals surface area contributed by atoms with Crippen LogP contribution in [0.25, 0.3) is 0 Å². The topological polar surface area (TPSA) is 55.8 Å². The smallest absolute Gasteiger partial charge is 0.302 e. The normalized spacial score (nSPS) is 18.9. The Morgan fingerprint density at radius 1 is 1.47 bits per heavy atom. The lowest BCUT2D eigenvalue weighted by Gasteiger charge is -2.28. The molecule has 0 heterocycles. The lowest BCUT2D eigenvalue weighted by Crippen LogP contribution is -2.36. The van der Waals surface area contributed by atoms with E-state index in [1.165, 1.54) is 13.8 Å². The van der Waals surface area contributed by atoms with Crippen LogP contribution >= 0.6 is 54.2 Å². The van der Waals surface area contributed by atoms with E-state index in [-0.39, 0.29) is 6.61 Å². The maximum absolute atomic E-state index is 11.2. The molecule has 0 rings (SSSR count). The van der Waals surface area contributed by atoms with Crippen LogP contribution in [0.5, 0.6) is 0 Å². The Bertz CT molecular complexity index is 247. The monoisotopic (exact) mass is 318 g/mol. The third kappa shape index (κ3) is 5.42. The molecular formula is C6H11Cl4O4P. The summed E-state index contributed by atoms with van der Waals surface area (Å²) in [4.78, 5) is 7.97. The molecule has 2 unspecified atom stereocenters. The third-order valence-corrected chi connectivity index (χ3v) is 4.77. The molecule has 15 heavy (non-hydrogen) atoms. The van der Waals surface area contributed by atoms with Crippen molar-refractivity contribution < 1.29 is 18.5 Å². The Labute approximate surface area is 108 Å². The molecule has 0 saturated heterocycles. The minimum absolute atomic E-state index is 0.0171. The van der Waals surface area contributed by atoms with Gasteiger partial charge in [-0.2, -0.15) is 0 Å². The fourth-order valence-electron chi connectivity index (χ4n) is 0.641. The number of phosphoric acid groups is 1. The van der Waals surface area contributed by atoms with Gasteiger partial charge < -0.3 is 4.89 Å². The number of rotatable bonds is 6. The highest BCUT2D eigenvalue weighted by molar-refractivity contribution is 7.47. The van der Waals surface area contributed by atoms with Crippen molar-refractivity contribution in [1.29, 1.82) is 0 Å². The maximum atomic E-state index is 11.2. The van der Waals surface area contributed by atoms with Crippen LogP contribution in [0.15, 0.2) is 0 Å². The molecule has 2 atom stereocenters. The van der Waals surface area contributed by atoms with Crippen molar-refractivity contribution in [2.75, 3.05) is 6.61 Å². The van der Waals surface area contributed by atoms with Crippen molar-refractivity contribution in [2.45, 2.75) is 29.1 Å². The summed E-state index contributed by atoms with van der Waals surface area (Å²) in [5.74, 6) is 0. The number of phosphoric ester groups is 1. The number of halogens is 4. The van der Waals surface area contributed by atoms with Crippen LogP contribution < -0.4 is 0 Å². The lowest BCUT2D eigenvalue weighted by atomic mass is 10.3. The van der Waals surface area contributed by atoms with Crippen LogP contribution in [-0.2, 0) is 13.6 Å². The largest absolute Gasteiger partial charge is 0.472 e. The van der Waals surface area contributed by atoms with Gasteiger partial charge in [0, 0.05) is 0 Å². The fourth-order valence-corrected chi connectivity index (χ4v) is 2.16.